The maximum absolute atomic E-state index is 11.9. The quantitative estimate of drug-likeness (QED) is 0.838. The van der Waals surface area contributed by atoms with E-state index in [1.807, 2.05) is 0 Å². The maximum Gasteiger partial charge on any atom is 0.292 e. The first kappa shape index (κ1) is 13.3. The number of rotatable bonds is 3. The van der Waals surface area contributed by atoms with Gasteiger partial charge in [0.25, 0.3) is 5.91 Å². The molecule has 2 N–H and O–H groups in total. The Bertz CT molecular complexity index is 612. The van der Waals surface area contributed by atoms with Crippen LogP contribution in [0.4, 0.5) is 0 Å². The average molecular weight is 280 g/mol. The molecule has 7 heteroatoms. The number of carbonyl (C=O) groups is 1. The fraction of sp³-hybridized carbons (Fsp3) is 0.167. The normalized spacial score (nSPS) is 10.4. The van der Waals surface area contributed by atoms with Gasteiger partial charge in [0.2, 0.25) is 5.88 Å². The van der Waals surface area contributed by atoms with Gasteiger partial charge in [-0.15, -0.1) is 11.3 Å². The molecule has 6 nitrogen and oxygen atoms in total. The number of nitrogens with zero attached hydrogens (tertiary/aromatic N) is 2. The highest BCUT2D eigenvalue weighted by Gasteiger charge is 2.22. The van der Waals surface area contributed by atoms with E-state index >= 15 is 0 Å². The number of para-hydroxylation sites is 1. The van der Waals surface area contributed by atoms with Gasteiger partial charge in [-0.25, -0.2) is 10.0 Å². The third kappa shape index (κ3) is 2.51. The molecule has 100 valence electrons. The van der Waals surface area contributed by atoms with E-state index in [4.69, 9.17) is 4.84 Å². The standard InChI is InChI=1S/C12H12N2O4S/c1-14(18-2)12(17)9-10(16)13-11(19-9)7-5-3-4-6-8(7)15/h3-6,15-16H,1-2H3. The van der Waals surface area contributed by atoms with Crippen molar-refractivity contribution < 1.29 is 19.8 Å². The zero-order valence-electron chi connectivity index (χ0n) is 10.3. The summed E-state index contributed by atoms with van der Waals surface area (Å²) in [5.41, 5.74) is 0.460. The largest absolute Gasteiger partial charge is 0.507 e. The highest BCUT2D eigenvalue weighted by molar-refractivity contribution is 7.17. The number of hydrogen-bond donors (Lipinski definition) is 2. The van der Waals surface area contributed by atoms with Crippen molar-refractivity contribution >= 4 is 17.2 Å². The number of amides is 1. The summed E-state index contributed by atoms with van der Waals surface area (Å²) in [6.45, 7) is 0. The highest BCUT2D eigenvalue weighted by Crippen LogP contribution is 2.36. The number of phenolic OH excluding ortho intramolecular Hbond substituents is 1. The number of benzene rings is 1. The van der Waals surface area contributed by atoms with Gasteiger partial charge < -0.3 is 10.2 Å². The topological polar surface area (TPSA) is 82.9 Å². The van der Waals surface area contributed by atoms with Gasteiger partial charge in [0.1, 0.15) is 10.8 Å². The SMILES string of the molecule is CON(C)C(=O)c1sc(-c2ccccc2O)nc1O. The van der Waals surface area contributed by atoms with Crippen LogP contribution in [0.3, 0.4) is 0 Å². The van der Waals surface area contributed by atoms with Crippen LogP contribution in [0.5, 0.6) is 11.6 Å². The van der Waals surface area contributed by atoms with Gasteiger partial charge in [-0.2, -0.15) is 0 Å². The van der Waals surface area contributed by atoms with E-state index in [-0.39, 0.29) is 16.5 Å². The molecule has 0 saturated heterocycles. The fourth-order valence-electron chi connectivity index (χ4n) is 1.45. The van der Waals surface area contributed by atoms with Crippen LogP contribution in [0, 0.1) is 0 Å². The molecule has 0 aliphatic heterocycles. The molecule has 1 amide bonds. The second-order valence-electron chi connectivity index (χ2n) is 3.67. The molecule has 1 heterocycles. The predicted octanol–water partition coefficient (Wildman–Crippen LogP) is 1.85. The zero-order chi connectivity index (χ0) is 14.0. The predicted molar refractivity (Wildman–Crippen MR) is 70.0 cm³/mol. The first-order valence-corrected chi connectivity index (χ1v) is 6.16. The molecule has 1 aromatic heterocycles. The minimum Gasteiger partial charge on any atom is -0.507 e. The number of carbonyl (C=O) groups excluding carboxylic acids is 1. The van der Waals surface area contributed by atoms with E-state index in [0.29, 0.717) is 10.6 Å². The number of aromatic hydroxyl groups is 2. The summed E-state index contributed by atoms with van der Waals surface area (Å²) in [6, 6.07) is 6.58. The van der Waals surface area contributed by atoms with E-state index in [1.54, 1.807) is 18.2 Å². The summed E-state index contributed by atoms with van der Waals surface area (Å²) in [6.07, 6.45) is 0. The van der Waals surface area contributed by atoms with Crippen molar-refractivity contribution in [3.8, 4) is 22.2 Å². The molecule has 0 unspecified atom stereocenters. The molecule has 0 bridgehead atoms. The summed E-state index contributed by atoms with van der Waals surface area (Å²) >= 11 is 0.986. The summed E-state index contributed by atoms with van der Waals surface area (Å²) in [5, 5.41) is 20.8. The van der Waals surface area contributed by atoms with Gasteiger partial charge >= 0.3 is 0 Å². The van der Waals surface area contributed by atoms with Crippen molar-refractivity contribution in [1.29, 1.82) is 0 Å². The third-order valence-corrected chi connectivity index (χ3v) is 3.56. The lowest BCUT2D eigenvalue weighted by atomic mass is 10.2. The zero-order valence-corrected chi connectivity index (χ0v) is 11.1. The molecule has 0 aliphatic rings. The molecule has 0 atom stereocenters. The minimum absolute atomic E-state index is 0.0374. The molecular formula is C12H12N2O4S. The highest BCUT2D eigenvalue weighted by atomic mass is 32.1. The second kappa shape index (κ2) is 5.25. The Kier molecular flexibility index (Phi) is 3.68. The molecule has 19 heavy (non-hydrogen) atoms. The van der Waals surface area contributed by atoms with Crippen molar-refractivity contribution in [3.63, 3.8) is 0 Å². The van der Waals surface area contributed by atoms with Crippen LogP contribution in [0.1, 0.15) is 9.67 Å². The third-order valence-electron chi connectivity index (χ3n) is 2.50. The number of aromatic nitrogens is 1. The summed E-state index contributed by atoms with van der Waals surface area (Å²) in [7, 11) is 2.78. The molecule has 0 radical (unpaired) electrons. The number of hydroxylamine groups is 2. The van der Waals surface area contributed by atoms with Gasteiger partial charge in [0.05, 0.1) is 12.7 Å². The van der Waals surface area contributed by atoms with Crippen molar-refractivity contribution in [3.05, 3.63) is 29.1 Å². The summed E-state index contributed by atoms with van der Waals surface area (Å²) in [4.78, 5) is 20.6. The number of hydrogen-bond acceptors (Lipinski definition) is 6. The van der Waals surface area contributed by atoms with E-state index < -0.39 is 5.91 Å². The second-order valence-corrected chi connectivity index (χ2v) is 4.67. The van der Waals surface area contributed by atoms with E-state index in [0.717, 1.165) is 16.4 Å². The molecule has 2 aromatic rings. The van der Waals surface area contributed by atoms with Crippen LogP contribution < -0.4 is 0 Å². The monoisotopic (exact) mass is 280 g/mol. The Labute approximate surface area is 113 Å². The van der Waals surface area contributed by atoms with Crippen LogP contribution in [0.15, 0.2) is 24.3 Å². The minimum atomic E-state index is -0.501. The maximum atomic E-state index is 11.9. The Morgan fingerprint density at radius 1 is 1.37 bits per heavy atom. The van der Waals surface area contributed by atoms with Gasteiger partial charge in [0, 0.05) is 7.05 Å². The smallest absolute Gasteiger partial charge is 0.292 e. The molecule has 1 aromatic carbocycles. The van der Waals surface area contributed by atoms with Crippen molar-refractivity contribution in [2.24, 2.45) is 0 Å². The molecule has 2 rings (SSSR count). The fourth-order valence-corrected chi connectivity index (χ4v) is 2.41. The number of thiazole rings is 1. The van der Waals surface area contributed by atoms with Gasteiger partial charge in [-0.05, 0) is 12.1 Å². The van der Waals surface area contributed by atoms with Crippen molar-refractivity contribution in [2.45, 2.75) is 0 Å². The molecular weight excluding hydrogens is 268 g/mol. The van der Waals surface area contributed by atoms with Crippen LogP contribution in [0.25, 0.3) is 10.6 Å². The van der Waals surface area contributed by atoms with Crippen molar-refractivity contribution in [1.82, 2.24) is 10.0 Å². The van der Waals surface area contributed by atoms with Gasteiger partial charge in [-0.1, -0.05) is 12.1 Å². The van der Waals surface area contributed by atoms with Crippen LogP contribution in [-0.2, 0) is 4.84 Å². The van der Waals surface area contributed by atoms with Crippen molar-refractivity contribution in [2.75, 3.05) is 14.2 Å². The first-order valence-electron chi connectivity index (χ1n) is 5.35. The molecule has 0 fully saturated rings. The first-order chi connectivity index (χ1) is 9.04. The van der Waals surface area contributed by atoms with E-state index in [2.05, 4.69) is 4.98 Å². The van der Waals surface area contributed by atoms with Crippen LogP contribution in [-0.4, -0.2) is 40.3 Å². The summed E-state index contributed by atoms with van der Waals surface area (Å²) in [5.74, 6) is -0.841. The van der Waals surface area contributed by atoms with Crippen LogP contribution >= 0.6 is 11.3 Å². The molecule has 0 spiro atoms. The Morgan fingerprint density at radius 3 is 2.68 bits per heavy atom. The van der Waals surface area contributed by atoms with E-state index in [1.165, 1.54) is 20.2 Å². The Hall–Kier alpha value is -2.12. The lowest BCUT2D eigenvalue weighted by molar-refractivity contribution is -0.0755. The summed E-state index contributed by atoms with van der Waals surface area (Å²) < 4.78 is 0. The van der Waals surface area contributed by atoms with Gasteiger partial charge in [-0.3, -0.25) is 9.63 Å². The molecule has 0 saturated carbocycles. The van der Waals surface area contributed by atoms with Gasteiger partial charge in [0.15, 0.2) is 4.88 Å². The lowest BCUT2D eigenvalue weighted by Gasteiger charge is -2.11. The Morgan fingerprint density at radius 2 is 2.05 bits per heavy atom. The molecule has 0 aliphatic carbocycles. The average Bonchev–Trinajstić information content (AvgIpc) is 2.79. The van der Waals surface area contributed by atoms with Crippen LogP contribution in [0.2, 0.25) is 0 Å². The Balaban J connectivity index is 2.42. The lowest BCUT2D eigenvalue weighted by Crippen LogP contribution is -2.24. The number of phenols is 1. The van der Waals surface area contributed by atoms with E-state index in [9.17, 15) is 15.0 Å².